The molecule has 0 bridgehead atoms. The standard InChI is InChI=1S/C29H34N4/c1-19(2)33-20(3)8-12-27-26(13-9-23-16-21-6-4-5-7-28(21)31-23)25(14-15-29(27)33)22-17-30-32(18-22)24-10-11-24/h6-7,14-15,17-18,20,24H,1,4-5,8-13,16H2,2-3H3/t20-/m0/s1. The maximum absolute atomic E-state index is 5.00. The van der Waals surface area contributed by atoms with Gasteiger partial charge in [-0.05, 0) is 93.5 Å². The summed E-state index contributed by atoms with van der Waals surface area (Å²) in [5.74, 6) is 0. The van der Waals surface area contributed by atoms with E-state index in [1.54, 1.807) is 0 Å². The zero-order valence-corrected chi connectivity index (χ0v) is 20.0. The van der Waals surface area contributed by atoms with E-state index in [4.69, 9.17) is 10.1 Å². The third kappa shape index (κ3) is 3.80. The average Bonchev–Trinajstić information content (AvgIpc) is 3.39. The van der Waals surface area contributed by atoms with Gasteiger partial charge in [-0.25, -0.2) is 0 Å². The van der Waals surface area contributed by atoms with Crippen molar-refractivity contribution in [2.24, 2.45) is 4.99 Å². The highest BCUT2D eigenvalue weighted by molar-refractivity contribution is 5.92. The molecule has 170 valence electrons. The van der Waals surface area contributed by atoms with Gasteiger partial charge in [0.2, 0.25) is 0 Å². The summed E-state index contributed by atoms with van der Waals surface area (Å²) >= 11 is 0. The fourth-order valence-corrected chi connectivity index (χ4v) is 5.90. The first-order valence-electron chi connectivity index (χ1n) is 12.7. The lowest BCUT2D eigenvalue weighted by molar-refractivity contribution is 0.597. The van der Waals surface area contributed by atoms with Crippen LogP contribution in [0.4, 0.5) is 5.69 Å². The number of nitrogens with zero attached hydrogens (tertiary/aromatic N) is 4. The minimum absolute atomic E-state index is 0.493. The molecule has 0 amide bonds. The molecule has 0 unspecified atom stereocenters. The van der Waals surface area contributed by atoms with Crippen LogP contribution in [-0.4, -0.2) is 21.5 Å². The van der Waals surface area contributed by atoms with Crippen molar-refractivity contribution in [2.45, 2.75) is 83.7 Å². The maximum Gasteiger partial charge on any atom is 0.0622 e. The summed E-state index contributed by atoms with van der Waals surface area (Å²) < 4.78 is 2.17. The molecule has 1 fully saturated rings. The summed E-state index contributed by atoms with van der Waals surface area (Å²) in [6.07, 6.45) is 19.2. The summed E-state index contributed by atoms with van der Waals surface area (Å²) in [4.78, 5) is 7.44. The van der Waals surface area contributed by atoms with Crippen LogP contribution in [-0.2, 0) is 12.8 Å². The molecule has 3 heterocycles. The normalized spacial score (nSPS) is 21.8. The summed E-state index contributed by atoms with van der Waals surface area (Å²) in [5.41, 5.74) is 12.1. The van der Waals surface area contributed by atoms with E-state index in [2.05, 4.69) is 66.7 Å². The molecule has 2 aliphatic carbocycles. The highest BCUT2D eigenvalue weighted by Crippen LogP contribution is 2.41. The molecule has 1 atom stereocenters. The van der Waals surface area contributed by atoms with E-state index in [0.717, 1.165) is 44.2 Å². The number of aromatic nitrogens is 2. The molecule has 0 radical (unpaired) electrons. The van der Waals surface area contributed by atoms with Crippen molar-refractivity contribution in [3.63, 3.8) is 0 Å². The molecule has 2 aliphatic heterocycles. The summed E-state index contributed by atoms with van der Waals surface area (Å²) in [6, 6.07) is 5.76. The molecule has 0 saturated heterocycles. The van der Waals surface area contributed by atoms with Crippen LogP contribution in [0.15, 0.2) is 65.2 Å². The number of fused-ring (bicyclic) bond motifs is 2. The predicted molar refractivity (Wildman–Crippen MR) is 137 cm³/mol. The summed E-state index contributed by atoms with van der Waals surface area (Å²) in [6.45, 7) is 8.75. The zero-order valence-electron chi connectivity index (χ0n) is 20.0. The van der Waals surface area contributed by atoms with Crippen molar-refractivity contribution in [3.05, 3.63) is 71.4 Å². The smallest absolute Gasteiger partial charge is 0.0622 e. The van der Waals surface area contributed by atoms with Gasteiger partial charge in [0, 0.05) is 41.3 Å². The van der Waals surface area contributed by atoms with Crippen LogP contribution in [0.2, 0.25) is 0 Å². The molecular weight excluding hydrogens is 404 g/mol. The van der Waals surface area contributed by atoms with Gasteiger partial charge >= 0.3 is 0 Å². The summed E-state index contributed by atoms with van der Waals surface area (Å²) in [7, 11) is 0. The SMILES string of the molecule is C=C(C)N1c2ccc(-c3cnn(C4CC4)c3)c(CCC3=NC4=CCCC=C4C3)c2CC[C@@H]1C. The molecule has 6 rings (SSSR count). The molecule has 0 N–H and O–H groups in total. The van der Waals surface area contributed by atoms with Crippen LogP contribution in [0, 0.1) is 0 Å². The average molecular weight is 439 g/mol. The Hall–Kier alpha value is -2.88. The van der Waals surface area contributed by atoms with Gasteiger partial charge in [0.25, 0.3) is 0 Å². The van der Waals surface area contributed by atoms with Crippen molar-refractivity contribution in [1.29, 1.82) is 0 Å². The second-order valence-corrected chi connectivity index (χ2v) is 10.3. The Kier molecular flexibility index (Phi) is 5.12. The van der Waals surface area contributed by atoms with E-state index in [1.165, 1.54) is 64.2 Å². The molecule has 4 nitrogen and oxygen atoms in total. The first-order valence-corrected chi connectivity index (χ1v) is 12.7. The maximum atomic E-state index is 5.00. The van der Waals surface area contributed by atoms with Crippen molar-refractivity contribution in [3.8, 4) is 11.1 Å². The largest absolute Gasteiger partial charge is 0.343 e. The Labute approximate surface area is 197 Å². The molecule has 0 spiro atoms. The number of rotatable bonds is 6. The van der Waals surface area contributed by atoms with Crippen molar-refractivity contribution >= 4 is 11.4 Å². The monoisotopic (exact) mass is 438 g/mol. The van der Waals surface area contributed by atoms with Gasteiger partial charge in [0.15, 0.2) is 0 Å². The molecular formula is C29H34N4. The molecule has 33 heavy (non-hydrogen) atoms. The minimum atomic E-state index is 0.493. The van der Waals surface area contributed by atoms with Crippen molar-refractivity contribution in [1.82, 2.24) is 9.78 Å². The molecule has 4 heteroatoms. The first-order chi connectivity index (χ1) is 16.1. The first kappa shape index (κ1) is 20.7. The highest BCUT2D eigenvalue weighted by atomic mass is 15.3. The fourth-order valence-electron chi connectivity index (χ4n) is 5.90. The van der Waals surface area contributed by atoms with Crippen molar-refractivity contribution < 1.29 is 0 Å². The lowest BCUT2D eigenvalue weighted by Crippen LogP contribution is -2.36. The van der Waals surface area contributed by atoms with E-state index in [9.17, 15) is 0 Å². The Morgan fingerprint density at radius 3 is 2.76 bits per heavy atom. The molecule has 1 saturated carbocycles. The molecule has 1 aromatic heterocycles. The topological polar surface area (TPSA) is 33.4 Å². The van der Waals surface area contributed by atoms with Crippen LogP contribution in [0.1, 0.15) is 76.0 Å². The minimum Gasteiger partial charge on any atom is -0.343 e. The van der Waals surface area contributed by atoms with Gasteiger partial charge in [-0.1, -0.05) is 24.8 Å². The van der Waals surface area contributed by atoms with Gasteiger partial charge in [-0.2, -0.15) is 5.10 Å². The summed E-state index contributed by atoms with van der Waals surface area (Å²) in [5, 5.41) is 4.70. The third-order valence-electron chi connectivity index (χ3n) is 7.72. The van der Waals surface area contributed by atoms with Gasteiger partial charge in [-0.15, -0.1) is 0 Å². The number of hydrogen-bond acceptors (Lipinski definition) is 3. The Morgan fingerprint density at radius 1 is 1.12 bits per heavy atom. The molecule has 1 aromatic carbocycles. The van der Waals surface area contributed by atoms with Gasteiger partial charge in [0.1, 0.15) is 0 Å². The fraction of sp³-hybridized carbons (Fsp3) is 0.448. The number of benzene rings is 1. The van der Waals surface area contributed by atoms with Crippen LogP contribution >= 0.6 is 0 Å². The Balaban J connectivity index is 1.38. The van der Waals surface area contributed by atoms with E-state index in [1.807, 2.05) is 0 Å². The van der Waals surface area contributed by atoms with Crippen LogP contribution < -0.4 is 4.90 Å². The second kappa shape index (κ2) is 8.16. The highest BCUT2D eigenvalue weighted by Gasteiger charge is 2.29. The van der Waals surface area contributed by atoms with Gasteiger partial charge in [0.05, 0.1) is 17.9 Å². The lowest BCUT2D eigenvalue weighted by atomic mass is 9.85. The number of anilines is 1. The number of allylic oxidation sites excluding steroid dienone is 4. The van der Waals surface area contributed by atoms with Crippen LogP contribution in [0.5, 0.6) is 0 Å². The quantitative estimate of drug-likeness (QED) is 0.489. The number of aliphatic imine (C=N–C) groups is 1. The van der Waals surface area contributed by atoms with E-state index in [0.29, 0.717) is 12.1 Å². The van der Waals surface area contributed by atoms with Gasteiger partial charge in [-0.3, -0.25) is 9.67 Å². The second-order valence-electron chi connectivity index (χ2n) is 10.3. The number of hydrogen-bond donors (Lipinski definition) is 0. The Bertz CT molecular complexity index is 1200. The van der Waals surface area contributed by atoms with Crippen molar-refractivity contribution in [2.75, 3.05) is 4.90 Å². The van der Waals surface area contributed by atoms with Crippen LogP contribution in [0.25, 0.3) is 11.1 Å². The third-order valence-corrected chi connectivity index (χ3v) is 7.72. The van der Waals surface area contributed by atoms with E-state index < -0.39 is 0 Å². The van der Waals surface area contributed by atoms with E-state index >= 15 is 0 Å². The van der Waals surface area contributed by atoms with E-state index in [-0.39, 0.29) is 0 Å². The Morgan fingerprint density at radius 2 is 1.97 bits per heavy atom. The van der Waals surface area contributed by atoms with Crippen LogP contribution in [0.3, 0.4) is 0 Å². The molecule has 2 aromatic rings. The zero-order chi connectivity index (χ0) is 22.5. The molecule has 4 aliphatic rings. The lowest BCUT2D eigenvalue weighted by Gasteiger charge is -2.38. The van der Waals surface area contributed by atoms with Gasteiger partial charge < -0.3 is 4.90 Å². The predicted octanol–water partition coefficient (Wildman–Crippen LogP) is 6.94.